The molecule has 1 aliphatic rings. The third-order valence-electron chi connectivity index (χ3n) is 4.07. The highest BCUT2D eigenvalue weighted by Gasteiger charge is 2.36. The van der Waals surface area contributed by atoms with Crippen LogP contribution in [0.4, 0.5) is 13.2 Å². The van der Waals surface area contributed by atoms with E-state index in [1.165, 1.54) is 16.7 Å². The van der Waals surface area contributed by atoms with E-state index >= 15 is 0 Å². The van der Waals surface area contributed by atoms with Gasteiger partial charge in [-0.15, -0.1) is 10.2 Å². The van der Waals surface area contributed by atoms with Gasteiger partial charge in [0.25, 0.3) is 0 Å². The van der Waals surface area contributed by atoms with Gasteiger partial charge in [-0.1, -0.05) is 6.07 Å². The van der Waals surface area contributed by atoms with E-state index in [0.717, 1.165) is 12.1 Å². The lowest BCUT2D eigenvalue weighted by atomic mass is 10.2. The van der Waals surface area contributed by atoms with Crippen molar-refractivity contribution in [1.82, 2.24) is 19.1 Å². The van der Waals surface area contributed by atoms with Gasteiger partial charge in [-0.2, -0.15) is 17.5 Å². The first-order valence-electron chi connectivity index (χ1n) is 7.23. The van der Waals surface area contributed by atoms with Gasteiger partial charge in [0, 0.05) is 13.1 Å². The summed E-state index contributed by atoms with van der Waals surface area (Å²) in [4.78, 5) is -0.349. The van der Waals surface area contributed by atoms with Crippen molar-refractivity contribution in [1.29, 1.82) is 0 Å². The number of aromatic nitrogens is 3. The second-order valence-corrected chi connectivity index (χ2v) is 7.55. The van der Waals surface area contributed by atoms with Crippen LogP contribution < -0.4 is 0 Å². The molecule has 1 fully saturated rings. The summed E-state index contributed by atoms with van der Waals surface area (Å²) in [6, 6.07) is 3.69. The number of hydrogen-bond donors (Lipinski definition) is 0. The molecule has 130 valence electrons. The first-order chi connectivity index (χ1) is 11.2. The van der Waals surface area contributed by atoms with E-state index in [0.29, 0.717) is 18.3 Å². The van der Waals surface area contributed by atoms with Crippen LogP contribution in [0.2, 0.25) is 0 Å². The van der Waals surface area contributed by atoms with Crippen molar-refractivity contribution >= 4 is 10.0 Å². The summed E-state index contributed by atoms with van der Waals surface area (Å²) < 4.78 is 66.6. The SMILES string of the molecule is Cc1nncn1C1CCN(S(=O)(=O)c2cccc(C(F)(F)F)c2)C1. The predicted molar refractivity (Wildman–Crippen MR) is 78.6 cm³/mol. The van der Waals surface area contributed by atoms with Crippen LogP contribution in [-0.2, 0) is 16.2 Å². The third kappa shape index (κ3) is 3.03. The molecular formula is C14H15F3N4O2S. The van der Waals surface area contributed by atoms with Crippen LogP contribution in [0.5, 0.6) is 0 Å². The maximum Gasteiger partial charge on any atom is 0.416 e. The second-order valence-electron chi connectivity index (χ2n) is 5.62. The Balaban J connectivity index is 1.86. The molecule has 0 amide bonds. The summed E-state index contributed by atoms with van der Waals surface area (Å²) in [6.07, 6.45) is -2.50. The minimum absolute atomic E-state index is 0.124. The molecule has 10 heteroatoms. The Morgan fingerprint density at radius 3 is 2.67 bits per heavy atom. The van der Waals surface area contributed by atoms with Crippen LogP contribution in [0.1, 0.15) is 23.9 Å². The Bertz CT molecular complexity index is 848. The second kappa shape index (κ2) is 5.85. The average molecular weight is 360 g/mol. The minimum Gasteiger partial charge on any atom is -0.313 e. The van der Waals surface area contributed by atoms with E-state index in [1.807, 2.05) is 0 Å². The molecule has 1 aliphatic heterocycles. The molecule has 1 atom stereocenters. The van der Waals surface area contributed by atoms with Crippen molar-refractivity contribution < 1.29 is 21.6 Å². The molecule has 0 aliphatic carbocycles. The molecule has 0 bridgehead atoms. The first kappa shape index (κ1) is 16.9. The van der Waals surface area contributed by atoms with Gasteiger partial charge in [-0.05, 0) is 31.5 Å². The molecular weight excluding hydrogens is 345 g/mol. The number of hydrogen-bond acceptors (Lipinski definition) is 4. The molecule has 6 nitrogen and oxygen atoms in total. The van der Waals surface area contributed by atoms with Crippen molar-refractivity contribution in [2.75, 3.05) is 13.1 Å². The van der Waals surface area contributed by atoms with E-state index in [2.05, 4.69) is 10.2 Å². The van der Waals surface area contributed by atoms with Gasteiger partial charge in [0.15, 0.2) is 0 Å². The fraction of sp³-hybridized carbons (Fsp3) is 0.429. The standard InChI is InChI=1S/C14H15F3N4O2S/c1-10-19-18-9-21(10)12-5-6-20(8-12)24(22,23)13-4-2-3-11(7-13)14(15,16)17/h2-4,7,9,12H,5-6,8H2,1H3. The molecule has 1 unspecified atom stereocenters. The third-order valence-corrected chi connectivity index (χ3v) is 5.93. The molecule has 2 aromatic rings. The summed E-state index contributed by atoms with van der Waals surface area (Å²) >= 11 is 0. The molecule has 0 spiro atoms. The van der Waals surface area contributed by atoms with Gasteiger partial charge in [-0.3, -0.25) is 0 Å². The molecule has 24 heavy (non-hydrogen) atoms. The zero-order valence-electron chi connectivity index (χ0n) is 12.7. The summed E-state index contributed by atoms with van der Waals surface area (Å²) in [5, 5.41) is 7.64. The number of aryl methyl sites for hydroxylation is 1. The first-order valence-corrected chi connectivity index (χ1v) is 8.67. The van der Waals surface area contributed by atoms with Crippen molar-refractivity contribution in [3.05, 3.63) is 42.0 Å². The Morgan fingerprint density at radius 1 is 1.29 bits per heavy atom. The summed E-state index contributed by atoms with van der Waals surface area (Å²) in [6.45, 7) is 2.18. The van der Waals surface area contributed by atoms with Crippen molar-refractivity contribution in [2.45, 2.75) is 30.5 Å². The maximum absolute atomic E-state index is 12.8. The van der Waals surface area contributed by atoms with Crippen LogP contribution in [0.3, 0.4) is 0 Å². The van der Waals surface area contributed by atoms with Crippen LogP contribution >= 0.6 is 0 Å². The fourth-order valence-electron chi connectivity index (χ4n) is 2.80. The molecule has 3 rings (SSSR count). The number of nitrogens with zero attached hydrogens (tertiary/aromatic N) is 4. The van der Waals surface area contributed by atoms with E-state index in [4.69, 9.17) is 0 Å². The Labute approximate surface area is 137 Å². The Morgan fingerprint density at radius 2 is 2.04 bits per heavy atom. The predicted octanol–water partition coefficient (Wildman–Crippen LogP) is 2.24. The number of rotatable bonds is 3. The zero-order valence-corrected chi connectivity index (χ0v) is 13.5. The normalized spacial score (nSPS) is 19.8. The summed E-state index contributed by atoms with van der Waals surface area (Å²) in [5.41, 5.74) is -0.978. The zero-order chi connectivity index (χ0) is 17.5. The lowest BCUT2D eigenvalue weighted by Crippen LogP contribution is -2.29. The highest BCUT2D eigenvalue weighted by Crippen LogP contribution is 2.32. The Hall–Kier alpha value is -1.94. The average Bonchev–Trinajstić information content (AvgIpc) is 3.15. The van der Waals surface area contributed by atoms with E-state index in [9.17, 15) is 21.6 Å². The quantitative estimate of drug-likeness (QED) is 0.842. The van der Waals surface area contributed by atoms with Gasteiger partial charge < -0.3 is 4.57 Å². The maximum atomic E-state index is 12.8. The van der Waals surface area contributed by atoms with E-state index in [1.54, 1.807) is 11.5 Å². The van der Waals surface area contributed by atoms with Crippen LogP contribution in [0, 0.1) is 6.92 Å². The van der Waals surface area contributed by atoms with Crippen molar-refractivity contribution in [3.63, 3.8) is 0 Å². The highest BCUT2D eigenvalue weighted by atomic mass is 32.2. The molecule has 0 radical (unpaired) electrons. The number of alkyl halides is 3. The summed E-state index contributed by atoms with van der Waals surface area (Å²) in [7, 11) is -3.98. The van der Waals surface area contributed by atoms with Crippen molar-refractivity contribution in [3.8, 4) is 0 Å². The largest absolute Gasteiger partial charge is 0.416 e. The van der Waals surface area contributed by atoms with Gasteiger partial charge in [0.2, 0.25) is 10.0 Å². The molecule has 0 saturated carbocycles. The van der Waals surface area contributed by atoms with E-state index in [-0.39, 0.29) is 24.0 Å². The molecule has 2 heterocycles. The van der Waals surface area contributed by atoms with Gasteiger partial charge in [0.1, 0.15) is 12.2 Å². The van der Waals surface area contributed by atoms with Crippen LogP contribution in [0.15, 0.2) is 35.5 Å². The molecule has 1 aromatic carbocycles. The van der Waals surface area contributed by atoms with E-state index < -0.39 is 21.8 Å². The van der Waals surface area contributed by atoms with Crippen LogP contribution in [0.25, 0.3) is 0 Å². The molecule has 1 saturated heterocycles. The summed E-state index contributed by atoms with van der Waals surface area (Å²) in [5.74, 6) is 0.665. The van der Waals surface area contributed by atoms with Gasteiger partial charge >= 0.3 is 6.18 Å². The van der Waals surface area contributed by atoms with Gasteiger partial charge in [-0.25, -0.2) is 8.42 Å². The molecule has 0 N–H and O–H groups in total. The van der Waals surface area contributed by atoms with Crippen molar-refractivity contribution in [2.24, 2.45) is 0 Å². The lowest BCUT2D eigenvalue weighted by molar-refractivity contribution is -0.137. The number of sulfonamides is 1. The fourth-order valence-corrected chi connectivity index (χ4v) is 4.34. The smallest absolute Gasteiger partial charge is 0.313 e. The monoisotopic (exact) mass is 360 g/mol. The van der Waals surface area contributed by atoms with Gasteiger partial charge in [0.05, 0.1) is 16.5 Å². The molecule has 1 aromatic heterocycles. The topological polar surface area (TPSA) is 68.1 Å². The number of halogens is 3. The minimum atomic E-state index is -4.58. The lowest BCUT2D eigenvalue weighted by Gasteiger charge is -2.18. The van der Waals surface area contributed by atoms with Crippen LogP contribution in [-0.4, -0.2) is 40.6 Å². The highest BCUT2D eigenvalue weighted by molar-refractivity contribution is 7.89. The number of benzene rings is 1. The Kier molecular flexibility index (Phi) is 4.12.